The molecule has 0 bridgehead atoms. The Hall–Kier alpha value is -2.75. The Bertz CT molecular complexity index is 963. The van der Waals surface area contributed by atoms with Crippen molar-refractivity contribution in [3.05, 3.63) is 22.5 Å². The molecule has 10 heteroatoms. The van der Waals surface area contributed by atoms with E-state index in [1.807, 2.05) is 0 Å². The maximum atomic E-state index is 12.1. The van der Waals surface area contributed by atoms with E-state index in [4.69, 9.17) is 14.2 Å². The van der Waals surface area contributed by atoms with Crippen molar-refractivity contribution in [1.82, 2.24) is 19.5 Å². The smallest absolute Gasteiger partial charge is 0.308 e. The maximum Gasteiger partial charge on any atom is 0.308 e. The number of hydrogen-bond acceptors (Lipinski definition) is 8. The first-order valence-electron chi connectivity index (χ1n) is 9.63. The molecule has 1 N–H and O–H groups in total. The topological polar surface area (TPSA) is 125 Å². The molecule has 0 spiro atoms. The highest BCUT2D eigenvalue weighted by atomic mass is 16.6. The Labute approximate surface area is 167 Å². The second-order valence-corrected chi connectivity index (χ2v) is 7.76. The van der Waals surface area contributed by atoms with Gasteiger partial charge in [-0.05, 0) is 6.92 Å². The lowest BCUT2D eigenvalue weighted by atomic mass is 10.1. The normalized spacial score (nSPS) is 21.8. The number of carbonyl (C=O) groups is 2. The first kappa shape index (κ1) is 21.0. The van der Waals surface area contributed by atoms with Crippen molar-refractivity contribution in [2.75, 3.05) is 6.61 Å². The number of ether oxygens (including phenoxy) is 3. The van der Waals surface area contributed by atoms with E-state index in [2.05, 4.69) is 15.0 Å². The van der Waals surface area contributed by atoms with Crippen LogP contribution in [0.3, 0.4) is 0 Å². The molecule has 0 amide bonds. The van der Waals surface area contributed by atoms with Crippen molar-refractivity contribution in [3.8, 4) is 0 Å². The third-order valence-corrected chi connectivity index (χ3v) is 4.64. The standard InChI is InChI=1S/C19H26N4O6/c1-9(2)18(25)27-7-13-12(29-19(26)10(3)4)6-14(28-13)23-8-20-15-16(23)21-11(5)22-17(15)24/h8-10,12-14H,6-7H2,1-5H3,(H,21,22,24)/t12?,13-,14-/m1/s1. The Morgan fingerprint density at radius 3 is 2.62 bits per heavy atom. The molecule has 1 aliphatic rings. The number of hydrogen-bond donors (Lipinski definition) is 1. The van der Waals surface area contributed by atoms with Gasteiger partial charge in [-0.2, -0.15) is 0 Å². The summed E-state index contributed by atoms with van der Waals surface area (Å²) in [6.45, 7) is 8.59. The molecule has 0 aromatic carbocycles. The van der Waals surface area contributed by atoms with Crippen LogP contribution in [0.4, 0.5) is 0 Å². The van der Waals surface area contributed by atoms with E-state index >= 15 is 0 Å². The van der Waals surface area contributed by atoms with Crippen molar-refractivity contribution in [2.45, 2.75) is 59.5 Å². The lowest BCUT2D eigenvalue weighted by Gasteiger charge is -2.20. The highest BCUT2D eigenvalue weighted by Gasteiger charge is 2.40. The second kappa shape index (κ2) is 8.32. The van der Waals surface area contributed by atoms with E-state index in [0.29, 0.717) is 17.9 Å². The minimum atomic E-state index is -0.633. The first-order chi connectivity index (χ1) is 13.7. The summed E-state index contributed by atoms with van der Waals surface area (Å²) in [4.78, 5) is 47.1. The molecule has 158 valence electrons. The van der Waals surface area contributed by atoms with Crippen molar-refractivity contribution < 1.29 is 23.8 Å². The van der Waals surface area contributed by atoms with Crippen LogP contribution in [0.25, 0.3) is 11.2 Å². The van der Waals surface area contributed by atoms with Crippen LogP contribution in [0, 0.1) is 18.8 Å². The Balaban J connectivity index is 1.84. The van der Waals surface area contributed by atoms with Crippen LogP contribution in [-0.4, -0.2) is 50.3 Å². The van der Waals surface area contributed by atoms with E-state index in [-0.39, 0.29) is 41.5 Å². The van der Waals surface area contributed by atoms with Gasteiger partial charge in [-0.1, -0.05) is 27.7 Å². The van der Waals surface area contributed by atoms with Crippen LogP contribution < -0.4 is 5.56 Å². The molecule has 1 fully saturated rings. The molecule has 2 aromatic heterocycles. The number of H-pyrrole nitrogens is 1. The van der Waals surface area contributed by atoms with Crippen LogP contribution >= 0.6 is 0 Å². The third-order valence-electron chi connectivity index (χ3n) is 4.64. The van der Waals surface area contributed by atoms with Crippen molar-refractivity contribution in [1.29, 1.82) is 0 Å². The van der Waals surface area contributed by atoms with E-state index in [1.165, 1.54) is 6.33 Å². The number of nitrogens with one attached hydrogen (secondary N) is 1. The summed E-state index contributed by atoms with van der Waals surface area (Å²) in [7, 11) is 0. The number of aromatic amines is 1. The molecular weight excluding hydrogens is 380 g/mol. The van der Waals surface area contributed by atoms with Gasteiger partial charge in [0.25, 0.3) is 5.56 Å². The quantitative estimate of drug-likeness (QED) is 0.715. The predicted molar refractivity (Wildman–Crippen MR) is 102 cm³/mol. The molecule has 1 unspecified atom stereocenters. The highest BCUT2D eigenvalue weighted by molar-refractivity contribution is 5.72. The number of imidazole rings is 1. The number of esters is 2. The van der Waals surface area contributed by atoms with Gasteiger partial charge in [0.05, 0.1) is 18.2 Å². The van der Waals surface area contributed by atoms with Crippen LogP contribution in [0.2, 0.25) is 0 Å². The molecular formula is C19H26N4O6. The number of aromatic nitrogens is 4. The maximum absolute atomic E-state index is 12.1. The molecule has 10 nitrogen and oxygen atoms in total. The summed E-state index contributed by atoms with van der Waals surface area (Å²) in [6, 6.07) is 0. The van der Waals surface area contributed by atoms with Crippen LogP contribution in [0.15, 0.2) is 11.1 Å². The van der Waals surface area contributed by atoms with Crippen LogP contribution in [-0.2, 0) is 23.8 Å². The molecule has 3 heterocycles. The summed E-state index contributed by atoms with van der Waals surface area (Å²) < 4.78 is 18.6. The number of rotatable bonds is 6. The summed E-state index contributed by atoms with van der Waals surface area (Å²) in [5.41, 5.74) is 0.240. The van der Waals surface area contributed by atoms with E-state index in [9.17, 15) is 14.4 Å². The SMILES string of the molecule is Cc1nc2c(ncn2[C@H]2CC(OC(=O)C(C)C)[C@@H](COC(=O)C(C)C)O2)c(=O)[nH]1. The van der Waals surface area contributed by atoms with Gasteiger partial charge in [-0.15, -0.1) is 0 Å². The van der Waals surface area contributed by atoms with Crippen molar-refractivity contribution in [3.63, 3.8) is 0 Å². The fourth-order valence-electron chi connectivity index (χ4n) is 3.01. The number of aryl methyl sites for hydroxylation is 1. The zero-order valence-corrected chi connectivity index (χ0v) is 17.2. The van der Waals surface area contributed by atoms with E-state index in [1.54, 1.807) is 39.2 Å². The lowest BCUT2D eigenvalue weighted by molar-refractivity contribution is -0.162. The molecule has 29 heavy (non-hydrogen) atoms. The molecule has 3 atom stereocenters. The Kier molecular flexibility index (Phi) is 6.02. The average molecular weight is 406 g/mol. The zero-order chi connectivity index (χ0) is 21.3. The van der Waals surface area contributed by atoms with E-state index < -0.39 is 18.4 Å². The lowest BCUT2D eigenvalue weighted by Crippen LogP contribution is -2.33. The second-order valence-electron chi connectivity index (χ2n) is 7.76. The summed E-state index contributed by atoms with van der Waals surface area (Å²) >= 11 is 0. The molecule has 1 saturated heterocycles. The largest absolute Gasteiger partial charge is 0.463 e. The summed E-state index contributed by atoms with van der Waals surface area (Å²) in [5.74, 6) is -0.846. The zero-order valence-electron chi connectivity index (χ0n) is 17.2. The molecule has 1 aliphatic heterocycles. The Morgan fingerprint density at radius 2 is 1.97 bits per heavy atom. The fourth-order valence-corrected chi connectivity index (χ4v) is 3.01. The van der Waals surface area contributed by atoms with Crippen LogP contribution in [0.5, 0.6) is 0 Å². The minimum absolute atomic E-state index is 0.0385. The monoisotopic (exact) mass is 406 g/mol. The first-order valence-corrected chi connectivity index (χ1v) is 9.63. The van der Waals surface area contributed by atoms with Gasteiger partial charge in [0.1, 0.15) is 30.9 Å². The van der Waals surface area contributed by atoms with Crippen molar-refractivity contribution in [2.24, 2.45) is 11.8 Å². The van der Waals surface area contributed by atoms with Gasteiger partial charge in [0.15, 0.2) is 11.2 Å². The van der Waals surface area contributed by atoms with Gasteiger partial charge in [-0.25, -0.2) is 9.97 Å². The fraction of sp³-hybridized carbons (Fsp3) is 0.632. The van der Waals surface area contributed by atoms with Crippen molar-refractivity contribution >= 4 is 23.1 Å². The average Bonchev–Trinajstić information content (AvgIpc) is 3.23. The third kappa shape index (κ3) is 4.47. The van der Waals surface area contributed by atoms with Gasteiger partial charge >= 0.3 is 11.9 Å². The summed E-state index contributed by atoms with van der Waals surface area (Å²) in [5, 5.41) is 0. The van der Waals surface area contributed by atoms with Crippen LogP contribution in [0.1, 0.15) is 46.2 Å². The molecule has 2 aromatic rings. The van der Waals surface area contributed by atoms with Gasteiger partial charge < -0.3 is 19.2 Å². The number of carbonyl (C=O) groups excluding carboxylic acids is 2. The molecule has 0 saturated carbocycles. The van der Waals surface area contributed by atoms with Gasteiger partial charge in [-0.3, -0.25) is 19.0 Å². The summed E-state index contributed by atoms with van der Waals surface area (Å²) in [6.07, 6.45) is -0.00916. The molecule has 3 rings (SSSR count). The van der Waals surface area contributed by atoms with Gasteiger partial charge in [0.2, 0.25) is 0 Å². The van der Waals surface area contributed by atoms with E-state index in [0.717, 1.165) is 0 Å². The molecule has 0 radical (unpaired) electrons. The van der Waals surface area contributed by atoms with Gasteiger partial charge in [0, 0.05) is 6.42 Å². The highest BCUT2D eigenvalue weighted by Crippen LogP contribution is 2.33. The number of nitrogens with zero attached hydrogens (tertiary/aromatic N) is 3. The predicted octanol–water partition coefficient (Wildman–Crippen LogP) is 1.48. The Morgan fingerprint density at radius 1 is 1.28 bits per heavy atom. The number of fused-ring (bicyclic) bond motifs is 1. The minimum Gasteiger partial charge on any atom is -0.463 e. The molecule has 0 aliphatic carbocycles.